The van der Waals surface area contributed by atoms with E-state index in [4.69, 9.17) is 14.5 Å². The number of ether oxygens (including phenoxy) is 2. The molecule has 6 nitrogen and oxygen atoms in total. The van der Waals surface area contributed by atoms with Crippen LogP contribution in [0.25, 0.3) is 10.6 Å². The Labute approximate surface area is 161 Å². The fraction of sp³-hybridized carbons (Fsp3) is 0.300. The van der Waals surface area contributed by atoms with Gasteiger partial charge in [0.2, 0.25) is 6.79 Å². The van der Waals surface area contributed by atoms with Crippen molar-refractivity contribution >= 4 is 11.3 Å². The summed E-state index contributed by atoms with van der Waals surface area (Å²) in [5.41, 5.74) is 3.47. The van der Waals surface area contributed by atoms with Crippen LogP contribution in [0.2, 0.25) is 0 Å². The summed E-state index contributed by atoms with van der Waals surface area (Å²) in [5, 5.41) is 6.67. The van der Waals surface area contributed by atoms with E-state index in [0.717, 1.165) is 53.9 Å². The van der Waals surface area contributed by atoms with Crippen molar-refractivity contribution in [3.63, 3.8) is 0 Å². The molecule has 1 unspecified atom stereocenters. The van der Waals surface area contributed by atoms with Gasteiger partial charge in [0.25, 0.3) is 0 Å². The van der Waals surface area contributed by atoms with E-state index in [-0.39, 0.29) is 0 Å². The highest BCUT2D eigenvalue weighted by molar-refractivity contribution is 7.13. The number of nitrogens with zero attached hydrogens (tertiary/aromatic N) is 3. The highest BCUT2D eigenvalue weighted by Crippen LogP contribution is 2.37. The van der Waals surface area contributed by atoms with E-state index >= 15 is 0 Å². The van der Waals surface area contributed by atoms with E-state index in [0.29, 0.717) is 12.8 Å². The predicted octanol–water partition coefficient (Wildman–Crippen LogP) is 3.08. The molecule has 2 aliphatic heterocycles. The molecule has 2 aromatic heterocycles. The first-order valence-corrected chi connectivity index (χ1v) is 9.94. The van der Waals surface area contributed by atoms with E-state index in [1.807, 2.05) is 30.6 Å². The normalized spacial score (nSPS) is 19.3. The summed E-state index contributed by atoms with van der Waals surface area (Å²) >= 11 is 1.67. The molecule has 0 amide bonds. The van der Waals surface area contributed by atoms with E-state index in [1.54, 1.807) is 11.3 Å². The molecule has 1 atom stereocenters. The first-order valence-electron chi connectivity index (χ1n) is 9.06. The predicted molar refractivity (Wildman–Crippen MR) is 104 cm³/mol. The first-order chi connectivity index (χ1) is 13.4. The minimum atomic E-state index is 0.293. The van der Waals surface area contributed by atoms with E-state index in [1.165, 1.54) is 5.56 Å². The summed E-state index contributed by atoms with van der Waals surface area (Å²) < 4.78 is 10.9. The Kier molecular flexibility index (Phi) is 4.49. The minimum absolute atomic E-state index is 0.293. The second kappa shape index (κ2) is 7.26. The minimum Gasteiger partial charge on any atom is -0.454 e. The van der Waals surface area contributed by atoms with Gasteiger partial charge in [0, 0.05) is 55.6 Å². The Morgan fingerprint density at radius 3 is 2.96 bits per heavy atom. The fourth-order valence-electron chi connectivity index (χ4n) is 3.60. The molecule has 4 heterocycles. The maximum Gasteiger partial charge on any atom is 0.231 e. The first kappa shape index (κ1) is 16.7. The number of fused-ring (bicyclic) bond motifs is 1. The number of pyridine rings is 1. The van der Waals surface area contributed by atoms with Crippen molar-refractivity contribution in [1.29, 1.82) is 0 Å². The van der Waals surface area contributed by atoms with Gasteiger partial charge in [-0.05, 0) is 35.9 Å². The summed E-state index contributed by atoms with van der Waals surface area (Å²) in [4.78, 5) is 11.5. The Morgan fingerprint density at radius 2 is 2.04 bits per heavy atom. The van der Waals surface area contributed by atoms with Crippen molar-refractivity contribution in [2.24, 2.45) is 0 Å². The maximum absolute atomic E-state index is 5.49. The molecule has 0 saturated carbocycles. The van der Waals surface area contributed by atoms with Crippen molar-refractivity contribution in [3.8, 4) is 22.1 Å². The molecule has 2 aliphatic rings. The van der Waals surface area contributed by atoms with Gasteiger partial charge in [0.05, 0.1) is 5.69 Å². The van der Waals surface area contributed by atoms with Crippen LogP contribution < -0.4 is 14.8 Å². The molecule has 138 valence electrons. The largest absolute Gasteiger partial charge is 0.454 e. The lowest BCUT2D eigenvalue weighted by Crippen LogP contribution is -2.45. The lowest BCUT2D eigenvalue weighted by molar-refractivity contribution is 0.152. The van der Waals surface area contributed by atoms with Gasteiger partial charge in [-0.3, -0.25) is 9.88 Å². The van der Waals surface area contributed by atoms with Crippen molar-refractivity contribution in [2.45, 2.75) is 12.6 Å². The smallest absolute Gasteiger partial charge is 0.231 e. The van der Waals surface area contributed by atoms with Gasteiger partial charge in [0.1, 0.15) is 5.01 Å². The number of benzene rings is 1. The molecule has 5 rings (SSSR count). The Morgan fingerprint density at radius 1 is 1.15 bits per heavy atom. The van der Waals surface area contributed by atoms with Crippen LogP contribution in [-0.2, 0) is 6.54 Å². The quantitative estimate of drug-likeness (QED) is 0.751. The summed E-state index contributed by atoms with van der Waals surface area (Å²) in [5.74, 6) is 1.60. The number of nitrogens with one attached hydrogen (secondary N) is 1. The molecule has 7 heteroatoms. The molecule has 1 fully saturated rings. The van der Waals surface area contributed by atoms with Crippen LogP contribution in [0.1, 0.15) is 17.3 Å². The number of hydrogen-bond acceptors (Lipinski definition) is 7. The van der Waals surface area contributed by atoms with Gasteiger partial charge < -0.3 is 14.8 Å². The summed E-state index contributed by atoms with van der Waals surface area (Å²) in [6.07, 6.45) is 3.73. The molecule has 1 N–H and O–H groups in total. The third-order valence-corrected chi connectivity index (χ3v) is 5.92. The van der Waals surface area contributed by atoms with Crippen LogP contribution in [-0.4, -0.2) is 41.3 Å². The Hall–Kier alpha value is -2.48. The third-order valence-electron chi connectivity index (χ3n) is 4.98. The molecule has 27 heavy (non-hydrogen) atoms. The van der Waals surface area contributed by atoms with Crippen molar-refractivity contribution in [1.82, 2.24) is 20.2 Å². The van der Waals surface area contributed by atoms with Gasteiger partial charge >= 0.3 is 0 Å². The molecular weight excluding hydrogens is 360 g/mol. The van der Waals surface area contributed by atoms with Gasteiger partial charge in [-0.15, -0.1) is 11.3 Å². The number of aromatic nitrogens is 2. The average molecular weight is 380 g/mol. The highest BCUT2D eigenvalue weighted by Gasteiger charge is 2.24. The Balaban J connectivity index is 1.35. The zero-order valence-corrected chi connectivity index (χ0v) is 15.6. The number of hydrogen-bond donors (Lipinski definition) is 1. The van der Waals surface area contributed by atoms with Gasteiger partial charge in [-0.25, -0.2) is 4.98 Å². The molecule has 0 bridgehead atoms. The molecule has 1 aromatic carbocycles. The monoisotopic (exact) mass is 380 g/mol. The molecule has 3 aromatic rings. The lowest BCUT2D eigenvalue weighted by Gasteiger charge is -2.36. The number of thiazole rings is 1. The average Bonchev–Trinajstić information content (AvgIpc) is 3.38. The summed E-state index contributed by atoms with van der Waals surface area (Å²) in [6, 6.07) is 10.6. The zero-order valence-electron chi connectivity index (χ0n) is 14.8. The molecule has 0 radical (unpaired) electrons. The van der Waals surface area contributed by atoms with Gasteiger partial charge in [0.15, 0.2) is 11.5 Å². The van der Waals surface area contributed by atoms with Crippen molar-refractivity contribution < 1.29 is 9.47 Å². The van der Waals surface area contributed by atoms with E-state index < -0.39 is 0 Å². The van der Waals surface area contributed by atoms with Crippen LogP contribution in [0.4, 0.5) is 0 Å². The van der Waals surface area contributed by atoms with Crippen LogP contribution in [0.15, 0.2) is 48.1 Å². The van der Waals surface area contributed by atoms with Crippen LogP contribution in [0.5, 0.6) is 11.5 Å². The Bertz CT molecular complexity index is 931. The van der Waals surface area contributed by atoms with E-state index in [9.17, 15) is 0 Å². The third kappa shape index (κ3) is 3.41. The maximum atomic E-state index is 5.49. The second-order valence-electron chi connectivity index (χ2n) is 6.68. The fourth-order valence-corrected chi connectivity index (χ4v) is 4.41. The van der Waals surface area contributed by atoms with Crippen LogP contribution in [0.3, 0.4) is 0 Å². The number of piperazine rings is 1. The van der Waals surface area contributed by atoms with E-state index in [2.05, 4.69) is 32.7 Å². The molecule has 0 aliphatic carbocycles. The zero-order chi connectivity index (χ0) is 18.1. The standard InChI is InChI=1S/C20H20N4O2S/c1-2-18-19(26-13-25-18)9-15(1)20-23-16(12-27-20)11-24-8-7-22-10-17(24)14-3-5-21-6-4-14/h1-6,9,12,17,22H,7-8,10-11,13H2. The topological polar surface area (TPSA) is 59.5 Å². The van der Waals surface area contributed by atoms with Crippen molar-refractivity contribution in [2.75, 3.05) is 26.4 Å². The summed E-state index contributed by atoms with van der Waals surface area (Å²) in [6.45, 7) is 4.09. The second-order valence-corrected chi connectivity index (χ2v) is 7.54. The van der Waals surface area contributed by atoms with Crippen LogP contribution in [0, 0.1) is 0 Å². The number of rotatable bonds is 4. The SMILES string of the molecule is c1cc(C2CNCCN2Cc2csc(-c3ccc4c(c3)OCO4)n2)ccn1. The molecular formula is C20H20N4O2S. The lowest BCUT2D eigenvalue weighted by atomic mass is 10.0. The van der Waals surface area contributed by atoms with Crippen LogP contribution >= 0.6 is 11.3 Å². The van der Waals surface area contributed by atoms with Gasteiger partial charge in [-0.2, -0.15) is 0 Å². The highest BCUT2D eigenvalue weighted by atomic mass is 32.1. The molecule has 1 saturated heterocycles. The van der Waals surface area contributed by atoms with Gasteiger partial charge in [-0.1, -0.05) is 0 Å². The van der Waals surface area contributed by atoms with Crippen molar-refractivity contribution in [3.05, 3.63) is 59.4 Å². The molecule has 0 spiro atoms. The summed E-state index contributed by atoms with van der Waals surface area (Å²) in [7, 11) is 0.